The smallest absolute Gasteiger partial charge is 0.331 e. The second-order valence-electron chi connectivity index (χ2n) is 7.07. The molecular formula is C21H24ClN3O3. The van der Waals surface area contributed by atoms with Crippen LogP contribution in [0.5, 0.6) is 0 Å². The zero-order valence-corrected chi connectivity index (χ0v) is 16.8. The number of aryl methyl sites for hydroxylation is 1. The summed E-state index contributed by atoms with van der Waals surface area (Å²) >= 11 is 6.42. The van der Waals surface area contributed by atoms with Gasteiger partial charge in [0.1, 0.15) is 5.15 Å². The summed E-state index contributed by atoms with van der Waals surface area (Å²) in [5.74, 6) is -0.330. The lowest BCUT2D eigenvalue weighted by Gasteiger charge is -2.12. The largest absolute Gasteiger partial charge is 0.452 e. The zero-order chi connectivity index (χ0) is 20.1. The molecule has 2 aromatic rings. The molecule has 28 heavy (non-hydrogen) atoms. The number of carbonyl (C=O) groups is 2. The maximum atomic E-state index is 11.9. The van der Waals surface area contributed by atoms with Crippen LogP contribution in [0.4, 0.5) is 0 Å². The van der Waals surface area contributed by atoms with Crippen molar-refractivity contribution in [2.24, 2.45) is 5.92 Å². The number of nitrogens with zero attached hydrogens (tertiary/aromatic N) is 2. The van der Waals surface area contributed by atoms with Crippen LogP contribution in [0.3, 0.4) is 0 Å². The van der Waals surface area contributed by atoms with Crippen LogP contribution in [0.2, 0.25) is 5.15 Å². The highest BCUT2D eigenvalue weighted by Gasteiger charge is 2.28. The van der Waals surface area contributed by atoms with Crippen molar-refractivity contribution in [2.75, 3.05) is 6.61 Å². The molecule has 1 aromatic carbocycles. The summed E-state index contributed by atoms with van der Waals surface area (Å²) in [5.41, 5.74) is 2.44. The Balaban J connectivity index is 1.54. The van der Waals surface area contributed by atoms with E-state index in [1.807, 2.05) is 44.2 Å². The van der Waals surface area contributed by atoms with Gasteiger partial charge in [-0.1, -0.05) is 41.9 Å². The van der Waals surface area contributed by atoms with Gasteiger partial charge in [-0.2, -0.15) is 5.10 Å². The first kappa shape index (κ1) is 20.1. The van der Waals surface area contributed by atoms with Gasteiger partial charge in [-0.15, -0.1) is 0 Å². The Kier molecular flexibility index (Phi) is 6.52. The number of esters is 1. The molecule has 1 heterocycles. The maximum Gasteiger partial charge on any atom is 0.331 e. The highest BCUT2D eigenvalue weighted by atomic mass is 35.5. The lowest BCUT2D eigenvalue weighted by Crippen LogP contribution is -2.36. The first-order chi connectivity index (χ1) is 13.4. The molecule has 0 bridgehead atoms. The van der Waals surface area contributed by atoms with E-state index in [2.05, 4.69) is 10.4 Å². The average Bonchev–Trinajstić information content (AvgIpc) is 3.48. The van der Waals surface area contributed by atoms with E-state index in [1.165, 1.54) is 6.08 Å². The van der Waals surface area contributed by atoms with Crippen LogP contribution in [0.25, 0.3) is 6.08 Å². The van der Waals surface area contributed by atoms with Crippen molar-refractivity contribution < 1.29 is 14.3 Å². The van der Waals surface area contributed by atoms with Gasteiger partial charge >= 0.3 is 5.97 Å². The van der Waals surface area contributed by atoms with Gasteiger partial charge in [-0.25, -0.2) is 9.48 Å². The Labute approximate surface area is 169 Å². The molecule has 1 aliphatic rings. The van der Waals surface area contributed by atoms with E-state index in [0.29, 0.717) is 28.9 Å². The molecule has 0 saturated heterocycles. The van der Waals surface area contributed by atoms with Crippen molar-refractivity contribution in [1.82, 2.24) is 15.1 Å². The molecule has 148 valence electrons. The van der Waals surface area contributed by atoms with Crippen molar-refractivity contribution in [3.63, 3.8) is 0 Å². The third kappa shape index (κ3) is 5.45. The van der Waals surface area contributed by atoms with E-state index >= 15 is 0 Å². The minimum Gasteiger partial charge on any atom is -0.452 e. The summed E-state index contributed by atoms with van der Waals surface area (Å²) in [6, 6.07) is 9.98. The highest BCUT2D eigenvalue weighted by Crippen LogP contribution is 2.32. The average molecular weight is 402 g/mol. The standard InChI is InChI=1S/C21H24ClN3O3/c1-14(17-8-9-17)23-19(26)13-28-20(27)11-10-18-15(2)24-25(21(18)22)12-16-6-4-3-5-7-16/h3-7,10-11,14,17H,8-9,12-13H2,1-2H3,(H,23,26)/b11-10+/t14-/m1/s1. The van der Waals surface area contributed by atoms with Crippen LogP contribution < -0.4 is 5.32 Å². The molecular weight excluding hydrogens is 378 g/mol. The molecule has 1 aliphatic carbocycles. The lowest BCUT2D eigenvalue weighted by atomic mass is 10.2. The van der Waals surface area contributed by atoms with Crippen molar-refractivity contribution in [3.05, 3.63) is 58.4 Å². The topological polar surface area (TPSA) is 73.2 Å². The molecule has 1 aromatic heterocycles. The molecule has 1 atom stereocenters. The molecule has 1 saturated carbocycles. The van der Waals surface area contributed by atoms with Crippen molar-refractivity contribution in [2.45, 2.75) is 39.3 Å². The van der Waals surface area contributed by atoms with Gasteiger partial charge in [0.2, 0.25) is 0 Å². The number of ether oxygens (including phenoxy) is 1. The van der Waals surface area contributed by atoms with Crippen LogP contribution >= 0.6 is 11.6 Å². The monoisotopic (exact) mass is 401 g/mol. The van der Waals surface area contributed by atoms with Gasteiger partial charge in [0.05, 0.1) is 12.2 Å². The summed E-state index contributed by atoms with van der Waals surface area (Å²) in [6.45, 7) is 4.04. The Bertz CT molecular complexity index is 873. The van der Waals surface area contributed by atoms with E-state index in [-0.39, 0.29) is 18.6 Å². The second kappa shape index (κ2) is 9.06. The van der Waals surface area contributed by atoms with Crippen LogP contribution in [-0.4, -0.2) is 34.3 Å². The fourth-order valence-corrected chi connectivity index (χ4v) is 3.26. The number of halogens is 1. The first-order valence-corrected chi connectivity index (χ1v) is 9.73. The van der Waals surface area contributed by atoms with Gasteiger partial charge in [-0.05, 0) is 44.2 Å². The maximum absolute atomic E-state index is 11.9. The highest BCUT2D eigenvalue weighted by molar-refractivity contribution is 6.31. The van der Waals surface area contributed by atoms with Crippen molar-refractivity contribution in [1.29, 1.82) is 0 Å². The Hall–Kier alpha value is -2.60. The third-order valence-electron chi connectivity index (χ3n) is 4.73. The van der Waals surface area contributed by atoms with Gasteiger partial charge in [-0.3, -0.25) is 4.79 Å². The molecule has 1 N–H and O–H groups in total. The molecule has 0 unspecified atom stereocenters. The first-order valence-electron chi connectivity index (χ1n) is 9.35. The molecule has 3 rings (SSSR count). The van der Waals surface area contributed by atoms with E-state index in [0.717, 1.165) is 18.4 Å². The van der Waals surface area contributed by atoms with Crippen LogP contribution in [-0.2, 0) is 20.9 Å². The molecule has 0 radical (unpaired) electrons. The van der Waals surface area contributed by atoms with Crippen LogP contribution in [0, 0.1) is 12.8 Å². The zero-order valence-electron chi connectivity index (χ0n) is 16.0. The second-order valence-corrected chi connectivity index (χ2v) is 7.43. The quantitative estimate of drug-likeness (QED) is 0.543. The summed E-state index contributed by atoms with van der Waals surface area (Å²) in [7, 11) is 0. The van der Waals surface area contributed by atoms with Crippen LogP contribution in [0.1, 0.15) is 36.6 Å². The molecule has 6 nitrogen and oxygen atoms in total. The number of hydrogen-bond donors (Lipinski definition) is 1. The van der Waals surface area contributed by atoms with Gasteiger partial charge in [0, 0.05) is 17.7 Å². The molecule has 1 amide bonds. The fourth-order valence-electron chi connectivity index (χ4n) is 2.96. The Morgan fingerprint density at radius 2 is 2.07 bits per heavy atom. The number of hydrogen-bond acceptors (Lipinski definition) is 4. The number of carbonyl (C=O) groups excluding carboxylic acids is 2. The van der Waals surface area contributed by atoms with Gasteiger partial charge in [0.25, 0.3) is 5.91 Å². The van der Waals surface area contributed by atoms with Crippen molar-refractivity contribution in [3.8, 4) is 0 Å². The number of benzene rings is 1. The molecule has 7 heteroatoms. The Morgan fingerprint density at radius 3 is 2.75 bits per heavy atom. The van der Waals surface area contributed by atoms with Gasteiger partial charge in [0.15, 0.2) is 6.61 Å². The molecule has 0 aliphatic heterocycles. The van der Waals surface area contributed by atoms with Crippen molar-refractivity contribution >= 4 is 29.6 Å². The number of amides is 1. The number of rotatable bonds is 8. The lowest BCUT2D eigenvalue weighted by molar-refractivity contribution is -0.144. The van der Waals surface area contributed by atoms with Gasteiger partial charge < -0.3 is 10.1 Å². The molecule has 1 fully saturated rings. The minimum absolute atomic E-state index is 0.124. The summed E-state index contributed by atoms with van der Waals surface area (Å²) in [5, 5.41) is 7.72. The van der Waals surface area contributed by atoms with E-state index in [4.69, 9.17) is 16.3 Å². The van der Waals surface area contributed by atoms with Crippen LogP contribution in [0.15, 0.2) is 36.4 Å². The van der Waals surface area contributed by atoms with E-state index in [1.54, 1.807) is 10.8 Å². The third-order valence-corrected chi connectivity index (χ3v) is 5.13. The Morgan fingerprint density at radius 1 is 1.36 bits per heavy atom. The number of nitrogens with one attached hydrogen (secondary N) is 1. The predicted octanol–water partition coefficient (Wildman–Crippen LogP) is 3.36. The SMILES string of the molecule is Cc1nn(Cc2ccccc2)c(Cl)c1/C=C/C(=O)OCC(=O)N[C@H](C)C1CC1. The molecule has 0 spiro atoms. The predicted molar refractivity (Wildman–Crippen MR) is 108 cm³/mol. The van der Waals surface area contributed by atoms with E-state index in [9.17, 15) is 9.59 Å². The fraction of sp³-hybridized carbons (Fsp3) is 0.381. The normalized spacial score (nSPS) is 14.8. The summed E-state index contributed by atoms with van der Waals surface area (Å²) < 4.78 is 6.69. The van der Waals surface area contributed by atoms with E-state index < -0.39 is 5.97 Å². The minimum atomic E-state index is -0.597. The summed E-state index contributed by atoms with van der Waals surface area (Å²) in [4.78, 5) is 23.7. The summed E-state index contributed by atoms with van der Waals surface area (Å²) in [6.07, 6.45) is 5.11. The number of aromatic nitrogens is 2.